The lowest BCUT2D eigenvalue weighted by atomic mass is 9.99. The number of carbonyl (C=O) groups is 1. The van der Waals surface area contributed by atoms with E-state index in [2.05, 4.69) is 15.4 Å². The fourth-order valence-corrected chi connectivity index (χ4v) is 3.66. The molecule has 4 rings (SSSR count). The smallest absolute Gasteiger partial charge is 0.329 e. The van der Waals surface area contributed by atoms with Gasteiger partial charge in [0.2, 0.25) is 0 Å². The first-order valence-corrected chi connectivity index (χ1v) is 10.8. The van der Waals surface area contributed by atoms with Gasteiger partial charge in [0.1, 0.15) is 5.82 Å². The van der Waals surface area contributed by atoms with Gasteiger partial charge >= 0.3 is 6.18 Å². The number of halogens is 5. The van der Waals surface area contributed by atoms with Crippen LogP contribution >= 0.6 is 12.4 Å². The molecule has 2 aromatic carbocycles. The van der Waals surface area contributed by atoms with Gasteiger partial charge in [0.25, 0.3) is 5.91 Å². The molecule has 0 radical (unpaired) electrons. The number of anilines is 1. The van der Waals surface area contributed by atoms with Gasteiger partial charge in [-0.2, -0.15) is 18.3 Å². The molecule has 4 aromatic rings. The second-order valence-corrected chi connectivity index (χ2v) is 8.04. The number of nitrogens with one attached hydrogen (secondary N) is 1. The monoisotopic (exact) mass is 534 g/mol. The van der Waals surface area contributed by atoms with Crippen molar-refractivity contribution in [1.82, 2.24) is 14.8 Å². The number of carbonyl (C=O) groups excluding carboxylic acids is 1. The molecule has 12 heteroatoms. The molecule has 0 aliphatic rings. The number of amides is 1. The molecular formula is C25H23ClF4N6O. The molecule has 1 amide bonds. The molecule has 0 bridgehead atoms. The van der Waals surface area contributed by atoms with Gasteiger partial charge in [-0.25, -0.2) is 9.37 Å². The predicted octanol–water partition coefficient (Wildman–Crippen LogP) is 4.94. The first-order chi connectivity index (χ1) is 17.1. The Labute approximate surface area is 215 Å². The highest BCUT2D eigenvalue weighted by molar-refractivity contribution is 6.07. The third-order valence-corrected chi connectivity index (χ3v) is 5.49. The van der Waals surface area contributed by atoms with Crippen LogP contribution in [0.1, 0.15) is 27.7 Å². The van der Waals surface area contributed by atoms with Crippen molar-refractivity contribution in [2.75, 3.05) is 11.9 Å². The zero-order chi connectivity index (χ0) is 26.0. The summed E-state index contributed by atoms with van der Waals surface area (Å²) in [5.74, 6) is -2.27. The Morgan fingerprint density at radius 2 is 1.81 bits per heavy atom. The number of hydrogen-bond acceptors (Lipinski definition) is 5. The van der Waals surface area contributed by atoms with Gasteiger partial charge in [-0.3, -0.25) is 9.48 Å². The molecule has 0 aliphatic heterocycles. The molecule has 2 aromatic heterocycles. The van der Waals surface area contributed by atoms with E-state index >= 15 is 0 Å². The normalized spacial score (nSPS) is 12.1. The quantitative estimate of drug-likeness (QED) is 0.303. The molecule has 37 heavy (non-hydrogen) atoms. The SMILES string of the molecule is Cl.Cn1ccc(-c2cc(C(=O)Nc3ccc(C(N)CN)nc3-c3ccccc3)c(F)cc2C(F)(F)F)n1. The number of alkyl halides is 3. The molecule has 2 heterocycles. The zero-order valence-electron chi connectivity index (χ0n) is 19.5. The van der Waals surface area contributed by atoms with Gasteiger partial charge in [-0.1, -0.05) is 30.3 Å². The van der Waals surface area contributed by atoms with E-state index < -0.39 is 40.6 Å². The third kappa shape index (κ3) is 5.96. The van der Waals surface area contributed by atoms with Gasteiger partial charge < -0.3 is 16.8 Å². The van der Waals surface area contributed by atoms with Crippen molar-refractivity contribution >= 4 is 24.0 Å². The van der Waals surface area contributed by atoms with Crippen LogP contribution in [0.2, 0.25) is 0 Å². The second kappa shape index (κ2) is 11.1. The predicted molar refractivity (Wildman–Crippen MR) is 134 cm³/mol. The summed E-state index contributed by atoms with van der Waals surface area (Å²) >= 11 is 0. The molecule has 194 valence electrons. The number of aromatic nitrogens is 3. The Balaban J connectivity index is 0.00000380. The molecule has 5 N–H and O–H groups in total. The van der Waals surface area contributed by atoms with E-state index in [1.165, 1.54) is 24.0 Å². The number of pyridine rings is 1. The molecule has 1 unspecified atom stereocenters. The van der Waals surface area contributed by atoms with E-state index in [9.17, 15) is 22.4 Å². The number of nitrogens with two attached hydrogens (primary N) is 2. The Morgan fingerprint density at radius 3 is 2.41 bits per heavy atom. The maximum atomic E-state index is 14.8. The highest BCUT2D eigenvalue weighted by Gasteiger charge is 2.36. The average Bonchev–Trinajstić information content (AvgIpc) is 3.29. The van der Waals surface area contributed by atoms with Gasteiger partial charge in [0.15, 0.2) is 0 Å². The summed E-state index contributed by atoms with van der Waals surface area (Å²) in [5, 5.41) is 6.56. The first kappa shape index (κ1) is 27.8. The minimum atomic E-state index is -4.86. The van der Waals surface area contributed by atoms with Gasteiger partial charge in [-0.05, 0) is 30.3 Å². The largest absolute Gasteiger partial charge is 0.417 e. The highest BCUT2D eigenvalue weighted by Crippen LogP contribution is 2.38. The van der Waals surface area contributed by atoms with E-state index in [1.807, 2.05) is 0 Å². The van der Waals surface area contributed by atoms with Crippen molar-refractivity contribution in [2.45, 2.75) is 12.2 Å². The summed E-state index contributed by atoms with van der Waals surface area (Å²) < 4.78 is 57.1. The van der Waals surface area contributed by atoms with Gasteiger partial charge in [-0.15, -0.1) is 12.4 Å². The van der Waals surface area contributed by atoms with Gasteiger partial charge in [0.05, 0.1) is 39.9 Å². The summed E-state index contributed by atoms with van der Waals surface area (Å²) in [4.78, 5) is 17.6. The molecule has 7 nitrogen and oxygen atoms in total. The first-order valence-electron chi connectivity index (χ1n) is 10.8. The van der Waals surface area contributed by atoms with Crippen molar-refractivity contribution in [1.29, 1.82) is 0 Å². The molecule has 0 saturated carbocycles. The Hall–Kier alpha value is -3.80. The molecule has 0 spiro atoms. The number of nitrogens with zero attached hydrogens (tertiary/aromatic N) is 3. The van der Waals surface area contributed by atoms with Crippen molar-refractivity contribution in [3.8, 4) is 22.5 Å². The number of aryl methyl sites for hydroxylation is 1. The lowest BCUT2D eigenvalue weighted by molar-refractivity contribution is -0.137. The maximum absolute atomic E-state index is 14.8. The third-order valence-electron chi connectivity index (χ3n) is 5.49. The van der Waals surface area contributed by atoms with Gasteiger partial charge in [0, 0.05) is 30.9 Å². The van der Waals surface area contributed by atoms with Crippen LogP contribution in [0.4, 0.5) is 23.2 Å². The van der Waals surface area contributed by atoms with E-state index in [0.717, 1.165) is 6.07 Å². The van der Waals surface area contributed by atoms with Crippen LogP contribution in [-0.2, 0) is 13.2 Å². The Bertz CT molecular complexity index is 1410. The topological polar surface area (TPSA) is 112 Å². The standard InChI is InChI=1S/C25H22F4N6O.ClH/c1-35-10-9-20(34-35)15-11-16(18(26)12-17(15)25(27,28)29)24(36)33-22-8-7-21(19(31)13-30)32-23(22)14-5-3-2-4-6-14;/h2-12,19H,13,30-31H2,1H3,(H,33,36);1H. The van der Waals surface area contributed by atoms with Crippen molar-refractivity contribution in [2.24, 2.45) is 18.5 Å². The van der Waals surface area contributed by atoms with E-state index in [-0.39, 0.29) is 30.3 Å². The Kier molecular flexibility index (Phi) is 8.32. The lowest BCUT2D eigenvalue weighted by Crippen LogP contribution is -2.22. The summed E-state index contributed by atoms with van der Waals surface area (Å²) in [5.41, 5.74) is 11.1. The summed E-state index contributed by atoms with van der Waals surface area (Å²) in [7, 11) is 1.53. The average molecular weight is 535 g/mol. The fraction of sp³-hybridized carbons (Fsp3) is 0.160. The van der Waals surface area contributed by atoms with Crippen LogP contribution in [0, 0.1) is 5.82 Å². The van der Waals surface area contributed by atoms with Crippen LogP contribution < -0.4 is 16.8 Å². The molecule has 0 saturated heterocycles. The molecular weight excluding hydrogens is 512 g/mol. The number of hydrogen-bond donors (Lipinski definition) is 3. The molecule has 0 aliphatic carbocycles. The van der Waals surface area contributed by atoms with Crippen molar-refractivity contribution < 1.29 is 22.4 Å². The Morgan fingerprint density at radius 1 is 1.11 bits per heavy atom. The van der Waals surface area contributed by atoms with Crippen LogP contribution in [0.25, 0.3) is 22.5 Å². The van der Waals surface area contributed by atoms with Crippen LogP contribution in [0.5, 0.6) is 0 Å². The van der Waals surface area contributed by atoms with Crippen molar-refractivity contribution in [3.63, 3.8) is 0 Å². The molecule has 0 fully saturated rings. The fourth-order valence-electron chi connectivity index (χ4n) is 3.66. The summed E-state index contributed by atoms with van der Waals surface area (Å²) in [6.45, 7) is 0.139. The summed E-state index contributed by atoms with van der Waals surface area (Å²) in [6, 6.07) is 13.9. The number of rotatable bonds is 6. The highest BCUT2D eigenvalue weighted by atomic mass is 35.5. The van der Waals surface area contributed by atoms with Crippen LogP contribution in [0.15, 0.2) is 66.9 Å². The van der Waals surface area contributed by atoms with E-state index in [0.29, 0.717) is 23.0 Å². The van der Waals surface area contributed by atoms with E-state index in [4.69, 9.17) is 11.5 Å². The second-order valence-electron chi connectivity index (χ2n) is 8.04. The minimum Gasteiger partial charge on any atom is -0.329 e. The van der Waals surface area contributed by atoms with Crippen molar-refractivity contribution in [3.05, 3.63) is 89.5 Å². The number of benzene rings is 2. The van der Waals surface area contributed by atoms with E-state index in [1.54, 1.807) is 42.5 Å². The summed E-state index contributed by atoms with van der Waals surface area (Å²) in [6.07, 6.45) is -3.41. The lowest BCUT2D eigenvalue weighted by Gasteiger charge is -2.17. The maximum Gasteiger partial charge on any atom is 0.417 e. The van der Waals surface area contributed by atoms with Crippen LogP contribution in [-0.4, -0.2) is 27.2 Å². The minimum absolute atomic E-state index is 0. The molecule has 1 atom stereocenters. The zero-order valence-corrected chi connectivity index (χ0v) is 20.3. The van der Waals surface area contributed by atoms with Crippen LogP contribution in [0.3, 0.4) is 0 Å².